The van der Waals surface area contributed by atoms with Crippen molar-refractivity contribution >= 4 is 11.7 Å². The number of urea groups is 1. The van der Waals surface area contributed by atoms with E-state index in [-0.39, 0.29) is 6.03 Å². The Morgan fingerprint density at radius 1 is 1.18 bits per heavy atom. The Morgan fingerprint density at radius 2 is 2.04 bits per heavy atom. The molecule has 1 aliphatic rings. The molecule has 2 aromatic carbocycles. The van der Waals surface area contributed by atoms with E-state index in [1.165, 1.54) is 12.8 Å². The molecular weight excluding hydrogens is 352 g/mol. The molecule has 0 bridgehead atoms. The molecule has 2 N–H and O–H groups in total. The maximum Gasteiger partial charge on any atom is 0.319 e. The monoisotopic (exact) mass is 376 g/mol. The molecule has 28 heavy (non-hydrogen) atoms. The Morgan fingerprint density at radius 3 is 2.82 bits per heavy atom. The third kappa shape index (κ3) is 4.17. The summed E-state index contributed by atoms with van der Waals surface area (Å²) < 4.78 is 7.38. The number of carbonyl (C=O) groups excluding carboxylic acids is 1. The van der Waals surface area contributed by atoms with Crippen LogP contribution in [0.5, 0.6) is 5.75 Å². The minimum absolute atomic E-state index is 0.239. The molecule has 0 saturated carbocycles. The van der Waals surface area contributed by atoms with E-state index in [9.17, 15) is 4.79 Å². The van der Waals surface area contributed by atoms with E-state index in [2.05, 4.69) is 21.4 Å². The van der Waals surface area contributed by atoms with Crippen LogP contribution < -0.4 is 15.4 Å². The largest absolute Gasteiger partial charge is 0.497 e. The van der Waals surface area contributed by atoms with Gasteiger partial charge in [0.1, 0.15) is 11.6 Å². The Labute approximate surface area is 164 Å². The van der Waals surface area contributed by atoms with Crippen LogP contribution in [0.25, 0.3) is 11.3 Å². The van der Waals surface area contributed by atoms with Gasteiger partial charge in [-0.15, -0.1) is 0 Å². The third-order valence-electron chi connectivity index (χ3n) is 4.94. The summed E-state index contributed by atoms with van der Waals surface area (Å²) in [5.74, 6) is 1.95. The molecule has 0 radical (unpaired) electrons. The number of aromatic nitrogens is 2. The highest BCUT2D eigenvalue weighted by molar-refractivity contribution is 5.90. The fourth-order valence-corrected chi connectivity index (χ4v) is 3.41. The summed E-state index contributed by atoms with van der Waals surface area (Å²) >= 11 is 0. The first-order chi connectivity index (χ1) is 13.7. The van der Waals surface area contributed by atoms with Gasteiger partial charge in [-0.05, 0) is 42.7 Å². The molecule has 0 spiro atoms. The van der Waals surface area contributed by atoms with E-state index in [0.717, 1.165) is 47.0 Å². The number of methoxy groups -OCH3 is 1. The van der Waals surface area contributed by atoms with E-state index in [4.69, 9.17) is 9.72 Å². The van der Waals surface area contributed by atoms with Crippen LogP contribution in [0.3, 0.4) is 0 Å². The van der Waals surface area contributed by atoms with E-state index >= 15 is 0 Å². The zero-order chi connectivity index (χ0) is 19.3. The number of nitrogens with zero attached hydrogens (tertiary/aromatic N) is 2. The minimum atomic E-state index is -0.239. The molecule has 0 unspecified atom stereocenters. The second kappa shape index (κ2) is 8.17. The standard InChI is InChI=1S/C22H24N4O2/c1-28-19-10-8-16(9-11-19)14-23-22(27)24-18-6-4-5-17(13-18)20-15-26-12-3-2-7-21(26)25-20/h4-6,8-11,13,15H,2-3,7,12,14H2,1H3,(H2,23,24,27). The zero-order valence-corrected chi connectivity index (χ0v) is 15.9. The van der Waals surface area contributed by atoms with Crippen molar-refractivity contribution in [3.63, 3.8) is 0 Å². The van der Waals surface area contributed by atoms with Crippen LogP contribution >= 0.6 is 0 Å². The second-order valence-electron chi connectivity index (χ2n) is 6.93. The van der Waals surface area contributed by atoms with Crippen LogP contribution in [0.1, 0.15) is 24.2 Å². The molecule has 3 aromatic rings. The second-order valence-corrected chi connectivity index (χ2v) is 6.93. The molecule has 6 heteroatoms. The summed E-state index contributed by atoms with van der Waals surface area (Å²) in [7, 11) is 1.63. The summed E-state index contributed by atoms with van der Waals surface area (Å²) in [5, 5.41) is 5.77. The number of amides is 2. The summed E-state index contributed by atoms with van der Waals surface area (Å²) in [6.07, 6.45) is 5.55. The Hall–Kier alpha value is -3.28. The van der Waals surface area contributed by atoms with Crippen LogP contribution in [0, 0.1) is 0 Å². The smallest absolute Gasteiger partial charge is 0.319 e. The Kier molecular flexibility index (Phi) is 5.28. The Balaban J connectivity index is 1.38. The topological polar surface area (TPSA) is 68.2 Å². The van der Waals surface area contributed by atoms with Gasteiger partial charge in [-0.25, -0.2) is 9.78 Å². The first-order valence-electron chi connectivity index (χ1n) is 9.55. The molecular formula is C22H24N4O2. The van der Waals surface area contributed by atoms with Gasteiger partial charge < -0.3 is 19.9 Å². The number of hydrogen-bond donors (Lipinski definition) is 2. The average Bonchev–Trinajstić information content (AvgIpc) is 3.17. The lowest BCUT2D eigenvalue weighted by molar-refractivity contribution is 0.251. The lowest BCUT2D eigenvalue weighted by atomic mass is 10.1. The van der Waals surface area contributed by atoms with Crippen LogP contribution in [0.2, 0.25) is 0 Å². The average molecular weight is 376 g/mol. The number of fused-ring (bicyclic) bond motifs is 1. The van der Waals surface area contributed by atoms with Crippen molar-refractivity contribution in [1.29, 1.82) is 0 Å². The number of aryl methyl sites for hydroxylation is 2. The van der Waals surface area contributed by atoms with Gasteiger partial charge in [-0.2, -0.15) is 0 Å². The molecule has 4 rings (SSSR count). The molecule has 2 amide bonds. The quantitative estimate of drug-likeness (QED) is 0.701. The van der Waals surface area contributed by atoms with Gasteiger partial charge in [0, 0.05) is 37.0 Å². The molecule has 0 aliphatic carbocycles. The molecule has 2 heterocycles. The number of anilines is 1. The lowest BCUT2D eigenvalue weighted by Crippen LogP contribution is -2.28. The Bertz CT molecular complexity index is 939. The SMILES string of the molecule is COc1ccc(CNC(=O)Nc2cccc(-c3cn4c(n3)CCCC4)c2)cc1. The van der Waals surface area contributed by atoms with Crippen LogP contribution in [0.15, 0.2) is 54.7 Å². The van der Waals surface area contributed by atoms with Crippen molar-refractivity contribution in [3.05, 3.63) is 66.1 Å². The van der Waals surface area contributed by atoms with E-state index in [0.29, 0.717) is 6.54 Å². The number of nitrogens with one attached hydrogen (secondary N) is 2. The van der Waals surface area contributed by atoms with Crippen LogP contribution in [0.4, 0.5) is 10.5 Å². The summed E-state index contributed by atoms with van der Waals surface area (Å²) in [4.78, 5) is 17.0. The molecule has 6 nitrogen and oxygen atoms in total. The van der Waals surface area contributed by atoms with Crippen molar-refractivity contribution in [3.8, 4) is 17.0 Å². The maximum absolute atomic E-state index is 12.2. The van der Waals surface area contributed by atoms with E-state index in [1.54, 1.807) is 7.11 Å². The minimum Gasteiger partial charge on any atom is -0.497 e. The van der Waals surface area contributed by atoms with Crippen molar-refractivity contribution in [2.45, 2.75) is 32.4 Å². The molecule has 0 fully saturated rings. The fourth-order valence-electron chi connectivity index (χ4n) is 3.41. The van der Waals surface area contributed by atoms with Crippen LogP contribution in [-0.2, 0) is 19.5 Å². The molecule has 1 aliphatic heterocycles. The summed E-state index contributed by atoms with van der Waals surface area (Å²) in [5.41, 5.74) is 3.72. The van der Waals surface area contributed by atoms with Gasteiger partial charge in [0.15, 0.2) is 0 Å². The highest BCUT2D eigenvalue weighted by Crippen LogP contribution is 2.24. The number of imidazole rings is 1. The molecule has 0 saturated heterocycles. The lowest BCUT2D eigenvalue weighted by Gasteiger charge is -2.11. The van der Waals surface area contributed by atoms with E-state index < -0.39 is 0 Å². The van der Waals surface area contributed by atoms with Gasteiger partial charge in [-0.1, -0.05) is 24.3 Å². The normalized spacial score (nSPS) is 12.9. The summed E-state index contributed by atoms with van der Waals surface area (Å²) in [6, 6.07) is 15.2. The number of rotatable bonds is 5. The number of benzene rings is 2. The van der Waals surface area contributed by atoms with Gasteiger partial charge in [0.25, 0.3) is 0 Å². The van der Waals surface area contributed by atoms with Crippen molar-refractivity contribution < 1.29 is 9.53 Å². The molecule has 144 valence electrons. The predicted molar refractivity (Wildman–Crippen MR) is 109 cm³/mol. The first-order valence-corrected chi connectivity index (χ1v) is 9.55. The maximum atomic E-state index is 12.2. The number of hydrogen-bond acceptors (Lipinski definition) is 3. The van der Waals surface area contributed by atoms with E-state index in [1.807, 2.05) is 48.5 Å². The van der Waals surface area contributed by atoms with Gasteiger partial charge in [-0.3, -0.25) is 0 Å². The summed E-state index contributed by atoms with van der Waals surface area (Å²) in [6.45, 7) is 1.48. The third-order valence-corrected chi connectivity index (χ3v) is 4.94. The van der Waals surface area contributed by atoms with Crippen molar-refractivity contribution in [2.24, 2.45) is 0 Å². The molecule has 1 aromatic heterocycles. The number of carbonyl (C=O) groups is 1. The van der Waals surface area contributed by atoms with Crippen LogP contribution in [-0.4, -0.2) is 22.7 Å². The zero-order valence-electron chi connectivity index (χ0n) is 15.9. The van der Waals surface area contributed by atoms with Gasteiger partial charge in [0.05, 0.1) is 12.8 Å². The number of ether oxygens (including phenoxy) is 1. The van der Waals surface area contributed by atoms with Crippen molar-refractivity contribution in [2.75, 3.05) is 12.4 Å². The highest BCUT2D eigenvalue weighted by atomic mass is 16.5. The van der Waals surface area contributed by atoms with Gasteiger partial charge >= 0.3 is 6.03 Å². The molecule has 0 atom stereocenters. The fraction of sp³-hybridized carbons (Fsp3) is 0.273. The van der Waals surface area contributed by atoms with Crippen molar-refractivity contribution in [1.82, 2.24) is 14.9 Å². The predicted octanol–water partition coefficient (Wildman–Crippen LogP) is 4.22. The first kappa shape index (κ1) is 18.1. The highest BCUT2D eigenvalue weighted by Gasteiger charge is 2.13. The van der Waals surface area contributed by atoms with Gasteiger partial charge in [0.2, 0.25) is 0 Å².